The average Bonchev–Trinajstić information content (AvgIpc) is 1.83. The number of pyridine rings is 1. The van der Waals surface area contributed by atoms with E-state index in [1.807, 2.05) is 0 Å². The Kier molecular flexibility index (Phi) is 2.14. The first kappa shape index (κ1) is 9.12. The minimum Gasteiger partial charge on any atom is -0.285 e. The maximum Gasteiger partial charge on any atom is 0.418 e. The molecule has 0 saturated carbocycles. The summed E-state index contributed by atoms with van der Waals surface area (Å²) in [5, 5.41) is 8.13. The van der Waals surface area contributed by atoms with Crippen molar-refractivity contribution in [3.63, 3.8) is 0 Å². The highest BCUT2D eigenvalue weighted by Crippen LogP contribution is 2.33. The molecular weight excluding hydrogens is 195 g/mol. The fourth-order valence-corrected chi connectivity index (χ4v) is 0.959. The quantitative estimate of drug-likeness (QED) is 0.500. The molecule has 1 aromatic heterocycles. The van der Waals surface area contributed by atoms with Crippen molar-refractivity contribution < 1.29 is 23.1 Å². The van der Waals surface area contributed by atoms with Crippen molar-refractivity contribution in [3.8, 4) is 0 Å². The van der Waals surface area contributed by atoms with Crippen LogP contribution in [-0.4, -0.2) is 5.21 Å². The van der Waals surface area contributed by atoms with Crippen LogP contribution in [0.2, 0.25) is 5.02 Å². The van der Waals surface area contributed by atoms with E-state index in [1.165, 1.54) is 0 Å². The van der Waals surface area contributed by atoms with Crippen LogP contribution in [0.25, 0.3) is 0 Å². The summed E-state index contributed by atoms with van der Waals surface area (Å²) in [7, 11) is 0. The Morgan fingerprint density at radius 2 is 2.00 bits per heavy atom. The minimum atomic E-state index is -4.48. The number of halogens is 4. The van der Waals surface area contributed by atoms with Gasteiger partial charge in [-0.2, -0.15) is 13.2 Å². The van der Waals surface area contributed by atoms with Gasteiger partial charge in [0, 0.05) is 10.8 Å². The van der Waals surface area contributed by atoms with E-state index in [0.717, 1.165) is 12.4 Å². The van der Waals surface area contributed by atoms with E-state index in [4.69, 9.17) is 16.8 Å². The predicted molar refractivity (Wildman–Crippen MR) is 33.8 cm³/mol. The van der Waals surface area contributed by atoms with E-state index >= 15 is 0 Å². The average molecular weight is 199 g/mol. The molecule has 6 heteroatoms. The van der Waals surface area contributed by atoms with Crippen LogP contribution < -0.4 is 4.73 Å². The van der Waals surface area contributed by atoms with Crippen LogP contribution in [-0.2, 0) is 6.18 Å². The molecule has 2 nitrogen and oxygen atoms in total. The minimum absolute atomic E-state index is 0.456. The summed E-state index contributed by atoms with van der Waals surface area (Å²) in [6.07, 6.45) is -2.86. The third kappa shape index (κ3) is 1.79. The molecule has 12 heavy (non-hydrogen) atoms. The summed E-state index contributed by atoms with van der Waals surface area (Å²) in [4.78, 5) is 0. The molecule has 0 radical (unpaired) electrons. The van der Waals surface area contributed by atoms with Gasteiger partial charge in [-0.15, -0.1) is 0 Å². The van der Waals surface area contributed by atoms with Gasteiger partial charge >= 0.3 is 6.18 Å². The number of alkyl halides is 3. The Morgan fingerprint density at radius 1 is 1.42 bits per heavy atom. The first-order chi connectivity index (χ1) is 5.41. The van der Waals surface area contributed by atoms with Crippen molar-refractivity contribution in [1.82, 2.24) is 0 Å². The van der Waals surface area contributed by atoms with E-state index in [2.05, 4.69) is 0 Å². The summed E-state index contributed by atoms with van der Waals surface area (Å²) in [5.41, 5.74) is -0.963. The zero-order chi connectivity index (χ0) is 9.35. The molecule has 1 aromatic rings. The first-order valence-electron chi connectivity index (χ1n) is 2.88. The second-order valence-corrected chi connectivity index (χ2v) is 2.49. The molecule has 1 rings (SSSR count). The van der Waals surface area contributed by atoms with Gasteiger partial charge in [0.15, 0.2) is 0 Å². The molecule has 0 aliphatic heterocycles. The van der Waals surface area contributed by atoms with Crippen LogP contribution in [0.15, 0.2) is 18.5 Å². The lowest BCUT2D eigenvalue weighted by molar-refractivity contribution is -0.904. The van der Waals surface area contributed by atoms with E-state index in [0.29, 0.717) is 10.8 Å². The summed E-state index contributed by atoms with van der Waals surface area (Å²) in [6.45, 7) is 0. The lowest BCUT2D eigenvalue weighted by Crippen LogP contribution is -2.29. The lowest BCUT2D eigenvalue weighted by atomic mass is 10.3. The number of nitrogens with zero attached hydrogens (tertiary/aromatic N) is 1. The highest BCUT2D eigenvalue weighted by atomic mass is 35.5. The van der Waals surface area contributed by atoms with Crippen LogP contribution in [0.5, 0.6) is 0 Å². The molecule has 0 aromatic carbocycles. The van der Waals surface area contributed by atoms with Crippen LogP contribution in [0.3, 0.4) is 0 Å². The van der Waals surface area contributed by atoms with Gasteiger partial charge in [-0.1, -0.05) is 11.6 Å². The van der Waals surface area contributed by atoms with Gasteiger partial charge in [-0.25, -0.2) is 0 Å². The summed E-state index contributed by atoms with van der Waals surface area (Å²) >= 11 is 5.21. The predicted octanol–water partition coefficient (Wildman–Crippen LogP) is 1.88. The highest BCUT2D eigenvalue weighted by Gasteiger charge is 2.34. The van der Waals surface area contributed by atoms with Crippen molar-refractivity contribution in [2.45, 2.75) is 6.18 Å². The molecule has 0 unspecified atom stereocenters. The Balaban J connectivity index is 3.19. The number of hydrogen-bond acceptors (Lipinski definition) is 1. The normalized spacial score (nSPS) is 11.7. The van der Waals surface area contributed by atoms with Crippen molar-refractivity contribution in [3.05, 3.63) is 29.0 Å². The topological polar surface area (TPSA) is 24.1 Å². The molecule has 0 amide bonds. The fraction of sp³-hybridized carbons (Fsp3) is 0.167. The molecule has 1 heterocycles. The SMILES string of the molecule is O[n+]1ccc(C(F)(F)F)c(Cl)c1. The van der Waals surface area contributed by atoms with Crippen LogP contribution in [0, 0.1) is 0 Å². The molecule has 66 valence electrons. The molecule has 0 spiro atoms. The molecule has 0 fully saturated rings. The van der Waals surface area contributed by atoms with E-state index < -0.39 is 16.8 Å². The van der Waals surface area contributed by atoms with Gasteiger partial charge in [0.05, 0.1) is 5.56 Å². The molecule has 0 aliphatic rings. The second-order valence-electron chi connectivity index (χ2n) is 2.08. The molecule has 1 N–H and O–H groups in total. The van der Waals surface area contributed by atoms with Crippen LogP contribution in [0.1, 0.15) is 5.56 Å². The summed E-state index contributed by atoms with van der Waals surface area (Å²) in [5.74, 6) is 0. The Bertz CT molecular complexity index is 299. The van der Waals surface area contributed by atoms with Crippen molar-refractivity contribution in [2.75, 3.05) is 0 Å². The highest BCUT2D eigenvalue weighted by molar-refractivity contribution is 6.31. The van der Waals surface area contributed by atoms with Gasteiger partial charge < -0.3 is 0 Å². The molecular formula is C6H4ClF3NO+. The van der Waals surface area contributed by atoms with Gasteiger partial charge in [0.25, 0.3) is 0 Å². The van der Waals surface area contributed by atoms with Crippen LogP contribution >= 0.6 is 11.6 Å². The van der Waals surface area contributed by atoms with Gasteiger partial charge in [0.1, 0.15) is 5.02 Å². The number of aromatic nitrogens is 1. The summed E-state index contributed by atoms with van der Waals surface area (Å²) in [6, 6.07) is 0.697. The zero-order valence-electron chi connectivity index (χ0n) is 5.64. The smallest absolute Gasteiger partial charge is 0.285 e. The molecule has 0 saturated heterocycles. The van der Waals surface area contributed by atoms with Gasteiger partial charge in [-0.05, 0) is 0 Å². The third-order valence-corrected chi connectivity index (χ3v) is 1.50. The largest absolute Gasteiger partial charge is 0.418 e. The van der Waals surface area contributed by atoms with E-state index in [-0.39, 0.29) is 0 Å². The number of rotatable bonds is 0. The van der Waals surface area contributed by atoms with Gasteiger partial charge in [-0.3, -0.25) is 5.21 Å². The Morgan fingerprint density at radius 3 is 2.42 bits per heavy atom. The lowest BCUT2D eigenvalue weighted by Gasteiger charge is -2.05. The van der Waals surface area contributed by atoms with Crippen molar-refractivity contribution >= 4 is 11.6 Å². The first-order valence-corrected chi connectivity index (χ1v) is 3.26. The molecule has 0 atom stereocenters. The maximum atomic E-state index is 12.0. The van der Waals surface area contributed by atoms with Crippen LogP contribution in [0.4, 0.5) is 13.2 Å². The standard InChI is InChI=1S/C6H4ClF3NO/c7-5-3-11(12)2-1-4(5)6(8,9)10/h1-3,12H/q+1. The van der Waals surface area contributed by atoms with Crippen molar-refractivity contribution in [2.24, 2.45) is 0 Å². The monoisotopic (exact) mass is 198 g/mol. The number of hydrogen-bond donors (Lipinski definition) is 1. The van der Waals surface area contributed by atoms with E-state index in [1.54, 1.807) is 0 Å². The molecule has 0 bridgehead atoms. The van der Waals surface area contributed by atoms with Crippen molar-refractivity contribution in [1.29, 1.82) is 0 Å². The molecule has 0 aliphatic carbocycles. The fourth-order valence-electron chi connectivity index (χ4n) is 0.689. The third-order valence-electron chi connectivity index (χ3n) is 1.20. The van der Waals surface area contributed by atoms with Gasteiger partial charge in [0.2, 0.25) is 12.4 Å². The Labute approximate surface area is 70.8 Å². The zero-order valence-corrected chi connectivity index (χ0v) is 6.39. The maximum absolute atomic E-state index is 12.0. The Hall–Kier alpha value is -0.970. The van der Waals surface area contributed by atoms with E-state index in [9.17, 15) is 13.2 Å². The summed E-state index contributed by atoms with van der Waals surface area (Å²) < 4.78 is 36.5. The second kappa shape index (κ2) is 2.82.